The zero-order valence-electron chi connectivity index (χ0n) is 17.2. The molecule has 8 nitrogen and oxygen atoms in total. The van der Waals surface area contributed by atoms with Crippen molar-refractivity contribution in [1.82, 2.24) is 14.3 Å². The standard InChI is InChI=1S/C22H22ClN3O5/c1-22(30-10-11-31-22)13-16-4-3-5-18(12-16)26-21(28)25(20(27)19(24-26)29-2)14-15-6-8-17(23)9-7-15/h3-9,12H,10-11,13-14H2,1-2H3. The lowest BCUT2D eigenvalue weighted by molar-refractivity contribution is -0.140. The van der Waals surface area contributed by atoms with E-state index in [1.807, 2.05) is 25.1 Å². The Labute approximate surface area is 183 Å². The zero-order chi connectivity index (χ0) is 22.0. The fourth-order valence-corrected chi connectivity index (χ4v) is 3.65. The molecule has 0 unspecified atom stereocenters. The molecule has 2 aromatic carbocycles. The predicted molar refractivity (Wildman–Crippen MR) is 115 cm³/mol. The van der Waals surface area contributed by atoms with Crippen LogP contribution in [0.1, 0.15) is 18.1 Å². The highest BCUT2D eigenvalue weighted by Gasteiger charge is 2.31. The van der Waals surface area contributed by atoms with Crippen molar-refractivity contribution in [2.45, 2.75) is 25.7 Å². The molecule has 0 N–H and O–H groups in total. The smallest absolute Gasteiger partial charge is 0.352 e. The topological polar surface area (TPSA) is 84.6 Å². The van der Waals surface area contributed by atoms with Gasteiger partial charge in [0.05, 0.1) is 32.6 Å². The van der Waals surface area contributed by atoms with E-state index in [4.69, 9.17) is 25.8 Å². The summed E-state index contributed by atoms with van der Waals surface area (Å²) in [6.45, 7) is 3.04. The van der Waals surface area contributed by atoms with Gasteiger partial charge < -0.3 is 14.2 Å². The molecule has 0 amide bonds. The van der Waals surface area contributed by atoms with Crippen LogP contribution < -0.4 is 16.0 Å². The van der Waals surface area contributed by atoms with Gasteiger partial charge in [-0.2, -0.15) is 4.68 Å². The SMILES string of the molecule is COc1nn(-c2cccc(CC3(C)OCCO3)c2)c(=O)n(Cc2ccc(Cl)cc2)c1=O. The fraction of sp³-hybridized carbons (Fsp3) is 0.318. The summed E-state index contributed by atoms with van der Waals surface area (Å²) in [6.07, 6.45) is 0.511. The summed E-state index contributed by atoms with van der Waals surface area (Å²) in [5, 5.41) is 4.70. The van der Waals surface area contributed by atoms with Gasteiger partial charge in [-0.15, -0.1) is 5.10 Å². The van der Waals surface area contributed by atoms with Crippen LogP contribution in [-0.2, 0) is 22.4 Å². The molecule has 0 saturated carbocycles. The van der Waals surface area contributed by atoms with Crippen molar-refractivity contribution in [3.63, 3.8) is 0 Å². The highest BCUT2D eigenvalue weighted by molar-refractivity contribution is 6.30. The van der Waals surface area contributed by atoms with Crippen LogP contribution in [0.5, 0.6) is 5.88 Å². The number of rotatable bonds is 6. The molecule has 3 aromatic rings. The highest BCUT2D eigenvalue weighted by Crippen LogP contribution is 2.24. The van der Waals surface area contributed by atoms with Crippen molar-refractivity contribution in [2.24, 2.45) is 0 Å². The Hall–Kier alpha value is -2.94. The summed E-state index contributed by atoms with van der Waals surface area (Å²) in [5.74, 6) is -0.879. The molecular weight excluding hydrogens is 422 g/mol. The molecule has 1 aliphatic heterocycles. The fourth-order valence-electron chi connectivity index (χ4n) is 3.53. The normalized spacial score (nSPS) is 15.2. The van der Waals surface area contributed by atoms with Gasteiger partial charge in [0.25, 0.3) is 5.88 Å². The lowest BCUT2D eigenvalue weighted by atomic mass is 10.1. The molecular formula is C22H22ClN3O5. The minimum Gasteiger partial charge on any atom is -0.476 e. The molecule has 0 bridgehead atoms. The van der Waals surface area contributed by atoms with Gasteiger partial charge >= 0.3 is 11.2 Å². The molecule has 2 heterocycles. The monoisotopic (exact) mass is 443 g/mol. The molecule has 9 heteroatoms. The Kier molecular flexibility index (Phi) is 5.95. The second-order valence-corrected chi connectivity index (χ2v) is 7.84. The summed E-state index contributed by atoms with van der Waals surface area (Å²) in [6, 6.07) is 14.2. The maximum atomic E-state index is 13.2. The molecule has 1 fully saturated rings. The second-order valence-electron chi connectivity index (χ2n) is 7.40. The van der Waals surface area contributed by atoms with Gasteiger partial charge in [-0.3, -0.25) is 4.79 Å². The second kappa shape index (κ2) is 8.66. The van der Waals surface area contributed by atoms with Crippen molar-refractivity contribution in [1.29, 1.82) is 0 Å². The van der Waals surface area contributed by atoms with Gasteiger partial charge in [0.2, 0.25) is 0 Å². The lowest BCUT2D eigenvalue weighted by Gasteiger charge is -2.22. The zero-order valence-corrected chi connectivity index (χ0v) is 18.0. The van der Waals surface area contributed by atoms with E-state index in [2.05, 4.69) is 5.10 Å². The Morgan fingerprint density at radius 1 is 1.10 bits per heavy atom. The lowest BCUT2D eigenvalue weighted by Crippen LogP contribution is -2.41. The highest BCUT2D eigenvalue weighted by atomic mass is 35.5. The number of halogens is 1. The maximum absolute atomic E-state index is 13.2. The van der Waals surface area contributed by atoms with Crippen molar-refractivity contribution in [3.8, 4) is 11.6 Å². The van der Waals surface area contributed by atoms with E-state index in [-0.39, 0.29) is 12.4 Å². The first-order chi connectivity index (χ1) is 14.9. The maximum Gasteiger partial charge on any atom is 0.352 e. The largest absolute Gasteiger partial charge is 0.476 e. The van der Waals surface area contributed by atoms with Crippen LogP contribution in [0.4, 0.5) is 0 Å². The molecule has 0 radical (unpaired) electrons. The summed E-state index contributed by atoms with van der Waals surface area (Å²) in [5.41, 5.74) is 0.991. The molecule has 31 heavy (non-hydrogen) atoms. The van der Waals surface area contributed by atoms with Crippen molar-refractivity contribution in [3.05, 3.63) is 85.5 Å². The number of hydrogen-bond donors (Lipinski definition) is 0. The van der Waals surface area contributed by atoms with Crippen LogP contribution in [0.25, 0.3) is 5.69 Å². The molecule has 1 aromatic heterocycles. The number of ether oxygens (including phenoxy) is 3. The van der Waals surface area contributed by atoms with Crippen LogP contribution >= 0.6 is 11.6 Å². The van der Waals surface area contributed by atoms with Crippen molar-refractivity contribution < 1.29 is 14.2 Å². The molecule has 0 spiro atoms. The Morgan fingerprint density at radius 2 is 1.81 bits per heavy atom. The first-order valence-electron chi connectivity index (χ1n) is 9.78. The van der Waals surface area contributed by atoms with E-state index < -0.39 is 17.0 Å². The summed E-state index contributed by atoms with van der Waals surface area (Å²) in [7, 11) is 1.34. The molecule has 1 saturated heterocycles. The molecule has 1 aliphatic rings. The third-order valence-corrected chi connectivity index (χ3v) is 5.31. The van der Waals surface area contributed by atoms with E-state index in [9.17, 15) is 9.59 Å². The quantitative estimate of drug-likeness (QED) is 0.581. The molecule has 162 valence electrons. The number of methoxy groups -OCH3 is 1. The van der Waals surface area contributed by atoms with Crippen LogP contribution in [0.2, 0.25) is 5.02 Å². The number of benzene rings is 2. The van der Waals surface area contributed by atoms with E-state index in [0.717, 1.165) is 15.7 Å². The Bertz CT molecular complexity index is 1200. The van der Waals surface area contributed by atoms with E-state index in [0.29, 0.717) is 30.3 Å². The number of aromatic nitrogens is 3. The van der Waals surface area contributed by atoms with Gasteiger partial charge in [0.1, 0.15) is 0 Å². The molecule has 0 aliphatic carbocycles. The van der Waals surface area contributed by atoms with Crippen molar-refractivity contribution in [2.75, 3.05) is 20.3 Å². The average molecular weight is 444 g/mol. The summed E-state index contributed by atoms with van der Waals surface area (Å²) in [4.78, 5) is 25.9. The first-order valence-corrected chi connectivity index (χ1v) is 10.2. The van der Waals surface area contributed by atoms with Crippen LogP contribution in [-0.4, -0.2) is 40.5 Å². The van der Waals surface area contributed by atoms with Crippen LogP contribution in [0, 0.1) is 0 Å². The van der Waals surface area contributed by atoms with E-state index in [1.54, 1.807) is 30.3 Å². The van der Waals surface area contributed by atoms with Gasteiger partial charge in [0, 0.05) is 11.4 Å². The van der Waals surface area contributed by atoms with Crippen LogP contribution in [0.3, 0.4) is 0 Å². The Balaban J connectivity index is 1.75. The number of nitrogens with zero attached hydrogens (tertiary/aromatic N) is 3. The summed E-state index contributed by atoms with van der Waals surface area (Å²) >= 11 is 5.93. The van der Waals surface area contributed by atoms with Gasteiger partial charge in [-0.25, -0.2) is 9.36 Å². The number of hydrogen-bond acceptors (Lipinski definition) is 6. The van der Waals surface area contributed by atoms with Crippen molar-refractivity contribution >= 4 is 11.6 Å². The summed E-state index contributed by atoms with van der Waals surface area (Å²) < 4.78 is 18.8. The predicted octanol–water partition coefficient (Wildman–Crippen LogP) is 2.41. The van der Waals surface area contributed by atoms with Gasteiger partial charge in [-0.05, 0) is 42.3 Å². The average Bonchev–Trinajstić information content (AvgIpc) is 3.18. The van der Waals surface area contributed by atoms with Gasteiger partial charge in [-0.1, -0.05) is 35.9 Å². The van der Waals surface area contributed by atoms with E-state index >= 15 is 0 Å². The third kappa shape index (κ3) is 4.56. The van der Waals surface area contributed by atoms with Gasteiger partial charge in [0.15, 0.2) is 5.79 Å². The third-order valence-electron chi connectivity index (χ3n) is 5.06. The minimum atomic E-state index is -0.706. The van der Waals surface area contributed by atoms with E-state index in [1.165, 1.54) is 11.8 Å². The molecule has 4 rings (SSSR count). The molecule has 0 atom stereocenters. The minimum absolute atomic E-state index is 0.0627. The first kappa shape index (κ1) is 21.3. The van der Waals surface area contributed by atoms with Crippen LogP contribution in [0.15, 0.2) is 58.1 Å². The Morgan fingerprint density at radius 3 is 2.48 bits per heavy atom.